The summed E-state index contributed by atoms with van der Waals surface area (Å²) < 4.78 is 5.12. The highest BCUT2D eigenvalue weighted by Crippen LogP contribution is 2.09. The largest absolute Gasteiger partial charge is 0.444 e. The van der Waals surface area contributed by atoms with Gasteiger partial charge in [0.05, 0.1) is 0 Å². The van der Waals surface area contributed by atoms with Crippen LogP contribution in [0, 0.1) is 11.3 Å². The molecule has 0 radical (unpaired) electrons. The van der Waals surface area contributed by atoms with Crippen LogP contribution in [0.1, 0.15) is 33.4 Å². The maximum Gasteiger partial charge on any atom is 0.411 e. The van der Waals surface area contributed by atoms with Crippen molar-refractivity contribution in [3.63, 3.8) is 0 Å². The smallest absolute Gasteiger partial charge is 0.411 e. The van der Waals surface area contributed by atoms with Crippen molar-refractivity contribution < 1.29 is 9.53 Å². The number of nitrogens with zero attached hydrogens (tertiary/aromatic N) is 3. The van der Waals surface area contributed by atoms with Crippen molar-refractivity contribution in [2.45, 2.75) is 33.3 Å². The lowest BCUT2D eigenvalue weighted by Crippen LogP contribution is -2.31. The number of pyridine rings is 1. The van der Waals surface area contributed by atoms with Gasteiger partial charge in [0.15, 0.2) is 5.82 Å². The van der Waals surface area contributed by atoms with E-state index >= 15 is 0 Å². The summed E-state index contributed by atoms with van der Waals surface area (Å²) in [5.41, 5.74) is 5.91. The van der Waals surface area contributed by atoms with E-state index in [0.29, 0.717) is 11.5 Å². The first-order chi connectivity index (χ1) is 10.2. The fourth-order valence-electron chi connectivity index (χ4n) is 1.43. The number of amides is 1. The number of nitrogens with one attached hydrogen (secondary N) is 1. The van der Waals surface area contributed by atoms with Gasteiger partial charge in [-0.15, -0.1) is 0 Å². The summed E-state index contributed by atoms with van der Waals surface area (Å²) >= 11 is 0. The average Bonchev–Trinajstić information content (AvgIpc) is 2.35. The molecule has 0 aliphatic carbocycles. The Labute approximate surface area is 129 Å². The number of aliphatic imine (C=N–C) groups is 1. The van der Waals surface area contributed by atoms with Crippen molar-refractivity contribution in [3.05, 3.63) is 35.7 Å². The monoisotopic (exact) mass is 301 g/mol. The molecule has 0 bridgehead atoms. The molecule has 22 heavy (non-hydrogen) atoms. The Balaban J connectivity index is 2.76. The topological polar surface area (TPSA) is 113 Å². The third-order valence-electron chi connectivity index (χ3n) is 2.16. The summed E-state index contributed by atoms with van der Waals surface area (Å²) in [6.45, 7) is 6.98. The van der Waals surface area contributed by atoms with E-state index in [4.69, 9.17) is 15.7 Å². The number of hydrogen-bond acceptors (Lipinski definition) is 5. The molecule has 0 atom stereocenters. The molecule has 7 heteroatoms. The molecule has 1 amide bonds. The van der Waals surface area contributed by atoms with Crippen LogP contribution in [0.25, 0.3) is 0 Å². The summed E-state index contributed by atoms with van der Waals surface area (Å²) in [6, 6.07) is 6.77. The second kappa shape index (κ2) is 7.22. The highest BCUT2D eigenvalue weighted by atomic mass is 16.6. The van der Waals surface area contributed by atoms with Gasteiger partial charge in [-0.25, -0.2) is 14.8 Å². The Bertz CT molecular complexity index is 651. The average molecular weight is 301 g/mol. The van der Waals surface area contributed by atoms with Crippen molar-refractivity contribution >= 4 is 17.7 Å². The van der Waals surface area contributed by atoms with Gasteiger partial charge in [0, 0.05) is 5.70 Å². The number of hydrogen-bond donors (Lipinski definition) is 2. The molecule has 1 heterocycles. The summed E-state index contributed by atoms with van der Waals surface area (Å²) in [5, 5.41) is 11.3. The van der Waals surface area contributed by atoms with Crippen LogP contribution >= 0.6 is 0 Å². The third-order valence-corrected chi connectivity index (χ3v) is 2.16. The second-order valence-corrected chi connectivity index (χ2v) is 5.48. The van der Waals surface area contributed by atoms with Gasteiger partial charge >= 0.3 is 6.09 Å². The van der Waals surface area contributed by atoms with Crippen molar-refractivity contribution in [2.24, 2.45) is 10.7 Å². The molecule has 0 spiro atoms. The molecular formula is C15H19N5O2. The van der Waals surface area contributed by atoms with E-state index in [1.54, 1.807) is 45.9 Å². The van der Waals surface area contributed by atoms with E-state index in [1.165, 1.54) is 6.08 Å². The number of amidine groups is 1. The van der Waals surface area contributed by atoms with Crippen molar-refractivity contribution in [3.8, 4) is 6.07 Å². The minimum absolute atomic E-state index is 0.149. The molecule has 7 nitrogen and oxygen atoms in total. The minimum atomic E-state index is -0.578. The number of nitrogens with two attached hydrogens (primary N) is 1. The quantitative estimate of drug-likeness (QED) is 0.657. The Hall–Kier alpha value is -2.88. The SMILES string of the molecule is C/C(=C/C(N)=N\c1cccc(C#N)n1)NC(=O)OC(C)(C)C. The molecule has 0 aliphatic heterocycles. The molecule has 0 fully saturated rings. The van der Waals surface area contributed by atoms with Gasteiger partial charge in [0.1, 0.15) is 23.2 Å². The predicted molar refractivity (Wildman–Crippen MR) is 83.4 cm³/mol. The zero-order valence-corrected chi connectivity index (χ0v) is 13.0. The number of carbonyl (C=O) groups excluding carboxylic acids is 1. The second-order valence-electron chi connectivity index (χ2n) is 5.48. The van der Waals surface area contributed by atoms with Crippen LogP contribution in [0.5, 0.6) is 0 Å². The fourth-order valence-corrected chi connectivity index (χ4v) is 1.43. The van der Waals surface area contributed by atoms with E-state index in [-0.39, 0.29) is 11.5 Å². The zero-order chi connectivity index (χ0) is 16.8. The lowest BCUT2D eigenvalue weighted by Gasteiger charge is -2.19. The summed E-state index contributed by atoms with van der Waals surface area (Å²) in [7, 11) is 0. The van der Waals surface area contributed by atoms with E-state index in [9.17, 15) is 4.79 Å². The maximum atomic E-state index is 11.6. The number of carbonyl (C=O) groups is 1. The number of nitriles is 1. The van der Waals surface area contributed by atoms with Gasteiger partial charge in [-0.2, -0.15) is 5.26 Å². The van der Waals surface area contributed by atoms with E-state index in [1.807, 2.05) is 6.07 Å². The first kappa shape index (κ1) is 17.2. The number of rotatable bonds is 3. The van der Waals surface area contributed by atoms with Crippen LogP contribution in [0.2, 0.25) is 0 Å². The molecule has 116 valence electrons. The number of ether oxygens (including phenoxy) is 1. The first-order valence-electron chi connectivity index (χ1n) is 6.59. The zero-order valence-electron chi connectivity index (χ0n) is 13.0. The molecule has 0 aliphatic rings. The molecular weight excluding hydrogens is 282 g/mol. The highest BCUT2D eigenvalue weighted by Gasteiger charge is 2.15. The van der Waals surface area contributed by atoms with Crippen LogP contribution in [0.15, 0.2) is 35.0 Å². The van der Waals surface area contributed by atoms with Gasteiger partial charge in [0.2, 0.25) is 0 Å². The number of allylic oxidation sites excluding steroid dienone is 1. The summed E-state index contributed by atoms with van der Waals surface area (Å²) in [4.78, 5) is 19.6. The molecule has 0 saturated carbocycles. The molecule has 1 aromatic rings. The Kier molecular flexibility index (Phi) is 5.64. The summed E-state index contributed by atoms with van der Waals surface area (Å²) in [5.74, 6) is 0.467. The van der Waals surface area contributed by atoms with Gasteiger partial charge in [0.25, 0.3) is 0 Å². The third kappa shape index (κ3) is 6.52. The van der Waals surface area contributed by atoms with Crippen LogP contribution in [0.4, 0.5) is 10.6 Å². The Morgan fingerprint density at radius 1 is 1.50 bits per heavy atom. The molecule has 0 unspecified atom stereocenters. The molecule has 1 rings (SSSR count). The normalized spacial score (nSPS) is 12.5. The van der Waals surface area contributed by atoms with Crippen LogP contribution in [0.3, 0.4) is 0 Å². The van der Waals surface area contributed by atoms with Crippen molar-refractivity contribution in [1.29, 1.82) is 5.26 Å². The first-order valence-corrected chi connectivity index (χ1v) is 6.59. The lowest BCUT2D eigenvalue weighted by atomic mass is 10.2. The van der Waals surface area contributed by atoms with Gasteiger partial charge in [-0.3, -0.25) is 5.32 Å². The van der Waals surface area contributed by atoms with Crippen LogP contribution in [-0.2, 0) is 4.74 Å². The number of aromatic nitrogens is 1. The van der Waals surface area contributed by atoms with Gasteiger partial charge in [-0.05, 0) is 45.9 Å². The molecule has 0 saturated heterocycles. The summed E-state index contributed by atoms with van der Waals surface area (Å²) in [6.07, 6.45) is 0.906. The van der Waals surface area contributed by atoms with Crippen molar-refractivity contribution in [2.75, 3.05) is 0 Å². The molecule has 0 aromatic carbocycles. The molecule has 1 aromatic heterocycles. The Morgan fingerprint density at radius 2 is 2.18 bits per heavy atom. The minimum Gasteiger partial charge on any atom is -0.444 e. The van der Waals surface area contributed by atoms with Crippen molar-refractivity contribution in [1.82, 2.24) is 10.3 Å². The number of alkyl carbamates (subject to hydrolysis) is 1. The maximum absolute atomic E-state index is 11.6. The lowest BCUT2D eigenvalue weighted by molar-refractivity contribution is 0.0546. The molecule has 3 N–H and O–H groups in total. The Morgan fingerprint density at radius 3 is 2.77 bits per heavy atom. The standard InChI is InChI=1S/C15H19N5O2/c1-10(18-14(21)22-15(2,3)4)8-12(17)20-13-7-5-6-11(9-16)19-13/h5-8H,1-4H3,(H,18,21)(H2,17,19,20)/b10-8-. The fraction of sp³-hybridized carbons (Fsp3) is 0.333. The van der Waals surface area contributed by atoms with Crippen LogP contribution < -0.4 is 11.1 Å². The van der Waals surface area contributed by atoms with E-state index < -0.39 is 11.7 Å². The van der Waals surface area contributed by atoms with Crippen LogP contribution in [-0.4, -0.2) is 22.5 Å². The van der Waals surface area contributed by atoms with Gasteiger partial charge in [-0.1, -0.05) is 6.07 Å². The van der Waals surface area contributed by atoms with E-state index in [2.05, 4.69) is 15.3 Å². The highest BCUT2D eigenvalue weighted by molar-refractivity contribution is 5.94. The predicted octanol–water partition coefficient (Wildman–Crippen LogP) is 2.37. The van der Waals surface area contributed by atoms with E-state index in [0.717, 1.165) is 0 Å². The van der Waals surface area contributed by atoms with Gasteiger partial charge < -0.3 is 10.5 Å².